The number of aromatic amines is 1. The lowest BCUT2D eigenvalue weighted by Crippen LogP contribution is -2.42. The summed E-state index contributed by atoms with van der Waals surface area (Å²) in [6.45, 7) is 7.54. The van der Waals surface area contributed by atoms with E-state index in [2.05, 4.69) is 15.3 Å². The summed E-state index contributed by atoms with van der Waals surface area (Å²) in [6, 6.07) is 11.8. The van der Waals surface area contributed by atoms with Gasteiger partial charge in [-0.05, 0) is 64.3 Å². The molecule has 9 heteroatoms. The van der Waals surface area contributed by atoms with Crippen LogP contribution in [0.2, 0.25) is 0 Å². The van der Waals surface area contributed by atoms with E-state index in [4.69, 9.17) is 9.72 Å². The molecule has 0 spiro atoms. The first kappa shape index (κ1) is 25.1. The molecule has 2 N–H and O–H groups in total. The summed E-state index contributed by atoms with van der Waals surface area (Å²) in [4.78, 5) is 51.6. The van der Waals surface area contributed by atoms with Gasteiger partial charge in [0.2, 0.25) is 0 Å². The molecule has 3 heterocycles. The number of nitrogens with zero attached hydrogens (tertiary/aromatic N) is 3. The van der Waals surface area contributed by atoms with Crippen LogP contribution in [-0.4, -0.2) is 49.8 Å². The monoisotopic (exact) mass is 489 g/mol. The number of amides is 2. The van der Waals surface area contributed by atoms with Crippen LogP contribution in [0.25, 0.3) is 11.3 Å². The highest BCUT2D eigenvalue weighted by atomic mass is 16.6. The van der Waals surface area contributed by atoms with Gasteiger partial charge >= 0.3 is 6.09 Å². The van der Waals surface area contributed by atoms with Crippen molar-refractivity contribution in [3.8, 4) is 11.3 Å². The molecule has 4 rings (SSSR count). The number of benzene rings is 1. The zero-order chi connectivity index (χ0) is 25.9. The van der Waals surface area contributed by atoms with E-state index < -0.39 is 11.7 Å². The molecule has 0 unspecified atom stereocenters. The van der Waals surface area contributed by atoms with E-state index in [-0.39, 0.29) is 17.7 Å². The van der Waals surface area contributed by atoms with Crippen molar-refractivity contribution in [2.75, 3.05) is 11.9 Å². The highest BCUT2D eigenvalue weighted by Gasteiger charge is 2.34. The van der Waals surface area contributed by atoms with Gasteiger partial charge in [0.05, 0.1) is 11.7 Å². The number of hydrogen-bond acceptors (Lipinski definition) is 6. The molecule has 1 atom stereocenters. The van der Waals surface area contributed by atoms with E-state index in [9.17, 15) is 14.4 Å². The standard InChI is InChI=1S/C27H31N5O4/c1-17(33)22-23(18-11-13-19(14-12-18)25(34)29-21-10-5-7-15-28-21)31-24(30-22)20-9-6-8-16-32(20)26(35)36-27(2,3)4/h5,7,10-15,20H,6,8-9,16H2,1-4H3,(H,30,31)(H,28,29,34)/t20-/m0/s1. The van der Waals surface area contributed by atoms with Crippen molar-refractivity contribution in [3.05, 3.63) is 65.7 Å². The molecule has 9 nitrogen and oxygen atoms in total. The number of rotatable bonds is 5. The summed E-state index contributed by atoms with van der Waals surface area (Å²) in [6.07, 6.45) is 3.75. The molecule has 1 aromatic carbocycles. The van der Waals surface area contributed by atoms with Gasteiger partial charge in [0.25, 0.3) is 5.91 Å². The molecule has 1 fully saturated rings. The minimum atomic E-state index is -0.609. The zero-order valence-electron chi connectivity index (χ0n) is 21.0. The summed E-state index contributed by atoms with van der Waals surface area (Å²) in [5.41, 5.74) is 1.39. The molecule has 2 aromatic heterocycles. The van der Waals surface area contributed by atoms with Gasteiger partial charge in [-0.2, -0.15) is 0 Å². The van der Waals surface area contributed by atoms with Crippen LogP contribution in [0.1, 0.15) is 79.7 Å². The second-order valence-corrected chi connectivity index (χ2v) is 9.83. The molecular formula is C27H31N5O4. The van der Waals surface area contributed by atoms with Crippen LogP contribution < -0.4 is 5.32 Å². The van der Waals surface area contributed by atoms with Crippen molar-refractivity contribution in [2.45, 2.75) is 58.6 Å². The van der Waals surface area contributed by atoms with E-state index in [0.29, 0.717) is 40.7 Å². The van der Waals surface area contributed by atoms with Crippen molar-refractivity contribution in [2.24, 2.45) is 0 Å². The summed E-state index contributed by atoms with van der Waals surface area (Å²) >= 11 is 0. The molecule has 2 amide bonds. The van der Waals surface area contributed by atoms with Crippen molar-refractivity contribution in [3.63, 3.8) is 0 Å². The molecule has 1 aliphatic rings. The van der Waals surface area contributed by atoms with E-state index in [1.807, 2.05) is 20.8 Å². The van der Waals surface area contributed by atoms with E-state index >= 15 is 0 Å². The maximum absolute atomic E-state index is 12.9. The average Bonchev–Trinajstić information content (AvgIpc) is 3.29. The fourth-order valence-electron chi connectivity index (χ4n) is 4.17. The number of pyridine rings is 1. The molecule has 0 saturated carbocycles. The van der Waals surface area contributed by atoms with Gasteiger partial charge in [-0.3, -0.25) is 14.5 Å². The summed E-state index contributed by atoms with van der Waals surface area (Å²) in [7, 11) is 0. The Bertz CT molecular complexity index is 1250. The lowest BCUT2D eigenvalue weighted by Gasteiger charge is -2.35. The Kier molecular flexibility index (Phi) is 7.19. The number of H-pyrrole nitrogens is 1. The Labute approximate surface area is 210 Å². The largest absolute Gasteiger partial charge is 0.444 e. The molecule has 0 radical (unpaired) electrons. The normalized spacial score (nSPS) is 15.9. The number of carbonyl (C=O) groups excluding carboxylic acids is 3. The summed E-state index contributed by atoms with van der Waals surface area (Å²) in [5.74, 6) is 0.562. The van der Waals surface area contributed by atoms with Gasteiger partial charge in [-0.25, -0.2) is 14.8 Å². The van der Waals surface area contributed by atoms with Gasteiger partial charge < -0.3 is 15.0 Å². The number of ether oxygens (including phenoxy) is 1. The van der Waals surface area contributed by atoms with E-state index in [1.54, 1.807) is 53.6 Å². The molecule has 188 valence electrons. The fraction of sp³-hybridized carbons (Fsp3) is 0.370. The summed E-state index contributed by atoms with van der Waals surface area (Å²) < 4.78 is 5.61. The Morgan fingerprint density at radius 2 is 1.83 bits per heavy atom. The van der Waals surface area contributed by atoms with Gasteiger partial charge in [-0.1, -0.05) is 18.2 Å². The number of imidazole rings is 1. The minimum absolute atomic E-state index is 0.166. The quantitative estimate of drug-likeness (QED) is 0.464. The second kappa shape index (κ2) is 10.3. The SMILES string of the molecule is CC(=O)c1[nH]c([C@@H]2CCCCN2C(=O)OC(C)(C)C)nc1-c1ccc(C(=O)Nc2ccccn2)cc1. The number of Topliss-reactive ketones (excluding diaryl/α,β-unsaturated/α-hetero) is 1. The first-order chi connectivity index (χ1) is 17.1. The molecule has 0 bridgehead atoms. The number of anilines is 1. The molecule has 0 aliphatic carbocycles. The molecular weight excluding hydrogens is 458 g/mol. The predicted octanol–water partition coefficient (Wildman–Crippen LogP) is 5.39. The fourth-order valence-corrected chi connectivity index (χ4v) is 4.17. The van der Waals surface area contributed by atoms with E-state index in [0.717, 1.165) is 19.3 Å². The summed E-state index contributed by atoms with van der Waals surface area (Å²) in [5, 5.41) is 2.75. The van der Waals surface area contributed by atoms with Crippen LogP contribution in [-0.2, 0) is 4.74 Å². The van der Waals surface area contributed by atoms with Crippen molar-refractivity contribution in [1.82, 2.24) is 19.9 Å². The number of piperidine rings is 1. The van der Waals surface area contributed by atoms with Crippen molar-refractivity contribution < 1.29 is 19.1 Å². The van der Waals surface area contributed by atoms with Crippen LogP contribution in [0.4, 0.5) is 10.6 Å². The third kappa shape index (κ3) is 5.79. The van der Waals surface area contributed by atoms with Crippen LogP contribution in [0.5, 0.6) is 0 Å². The Hall–Kier alpha value is -4.01. The number of nitrogens with one attached hydrogen (secondary N) is 2. The molecule has 3 aromatic rings. The average molecular weight is 490 g/mol. The smallest absolute Gasteiger partial charge is 0.410 e. The topological polar surface area (TPSA) is 117 Å². The zero-order valence-corrected chi connectivity index (χ0v) is 21.0. The minimum Gasteiger partial charge on any atom is -0.444 e. The first-order valence-corrected chi connectivity index (χ1v) is 12.1. The van der Waals surface area contributed by atoms with Crippen LogP contribution in [0.15, 0.2) is 48.7 Å². The first-order valence-electron chi connectivity index (χ1n) is 12.1. The molecule has 1 aliphatic heterocycles. The van der Waals surface area contributed by atoms with Crippen molar-refractivity contribution >= 4 is 23.6 Å². The van der Waals surface area contributed by atoms with E-state index in [1.165, 1.54) is 6.92 Å². The third-order valence-electron chi connectivity index (χ3n) is 5.85. The van der Waals surface area contributed by atoms with Gasteiger partial charge in [-0.15, -0.1) is 0 Å². The highest BCUT2D eigenvalue weighted by molar-refractivity contribution is 6.04. The lowest BCUT2D eigenvalue weighted by molar-refractivity contribution is 0.00853. The number of ketones is 1. The second-order valence-electron chi connectivity index (χ2n) is 9.83. The number of aromatic nitrogens is 3. The van der Waals surface area contributed by atoms with Gasteiger partial charge in [0, 0.05) is 30.8 Å². The highest BCUT2D eigenvalue weighted by Crippen LogP contribution is 2.33. The maximum Gasteiger partial charge on any atom is 0.410 e. The van der Waals surface area contributed by atoms with Crippen LogP contribution in [0.3, 0.4) is 0 Å². The van der Waals surface area contributed by atoms with Gasteiger partial charge in [0.15, 0.2) is 5.78 Å². The maximum atomic E-state index is 12.9. The Morgan fingerprint density at radius 3 is 2.47 bits per heavy atom. The predicted molar refractivity (Wildman–Crippen MR) is 136 cm³/mol. The third-order valence-corrected chi connectivity index (χ3v) is 5.85. The number of hydrogen-bond donors (Lipinski definition) is 2. The Balaban J connectivity index is 1.59. The number of carbonyl (C=O) groups is 3. The lowest BCUT2D eigenvalue weighted by atomic mass is 10.0. The Morgan fingerprint density at radius 1 is 1.08 bits per heavy atom. The van der Waals surface area contributed by atoms with Gasteiger partial charge in [0.1, 0.15) is 22.9 Å². The van der Waals surface area contributed by atoms with Crippen LogP contribution in [0, 0.1) is 0 Å². The number of likely N-dealkylation sites (tertiary alicyclic amines) is 1. The molecule has 1 saturated heterocycles. The van der Waals surface area contributed by atoms with Crippen LogP contribution >= 0.6 is 0 Å². The molecule has 36 heavy (non-hydrogen) atoms. The van der Waals surface area contributed by atoms with Crippen molar-refractivity contribution in [1.29, 1.82) is 0 Å².